The Balaban J connectivity index is 1.90. The Morgan fingerprint density at radius 2 is 1.74 bits per heavy atom. The fraction of sp³-hybridized carbons (Fsp3) is 0.286. The number of ether oxygens (including phenoxy) is 3. The van der Waals surface area contributed by atoms with E-state index in [2.05, 4.69) is 0 Å². The summed E-state index contributed by atoms with van der Waals surface area (Å²) in [6.07, 6.45) is -6.03. The highest BCUT2D eigenvalue weighted by atomic mass is 16.7. The highest BCUT2D eigenvalue weighted by Crippen LogP contribution is 2.37. The van der Waals surface area contributed by atoms with Gasteiger partial charge >= 0.3 is 0 Å². The molecule has 0 saturated carbocycles. The van der Waals surface area contributed by atoms with E-state index in [4.69, 9.17) is 18.6 Å². The van der Waals surface area contributed by atoms with E-state index in [1.807, 2.05) is 0 Å². The highest BCUT2D eigenvalue weighted by Gasteiger charge is 2.40. The normalized spacial score (nSPS) is 23.6. The third-order valence-corrected chi connectivity index (χ3v) is 4.96. The number of hydrogen-bond acceptors (Lipinski definition) is 10. The Bertz CT molecular complexity index is 1150. The molecule has 2 heterocycles. The summed E-state index contributed by atoms with van der Waals surface area (Å²) in [5.41, 5.74) is -0.404. The second-order valence-electron chi connectivity index (χ2n) is 7.02. The monoisotopic (exact) mass is 432 g/mol. The molecule has 1 saturated heterocycles. The number of aromatic hydroxyl groups is 2. The van der Waals surface area contributed by atoms with Gasteiger partial charge in [0.25, 0.3) is 0 Å². The summed E-state index contributed by atoms with van der Waals surface area (Å²) < 4.78 is 21.8. The number of benzene rings is 2. The van der Waals surface area contributed by atoms with Gasteiger partial charge in [-0.2, -0.15) is 0 Å². The van der Waals surface area contributed by atoms with E-state index in [0.717, 1.165) is 0 Å². The van der Waals surface area contributed by atoms with Crippen LogP contribution in [-0.4, -0.2) is 63.9 Å². The molecule has 10 heteroatoms. The molecule has 4 unspecified atom stereocenters. The maximum atomic E-state index is 13.3. The summed E-state index contributed by atoms with van der Waals surface area (Å²) in [5.74, 6) is -0.642. The molecule has 1 fully saturated rings. The van der Waals surface area contributed by atoms with Gasteiger partial charge in [0.15, 0.2) is 5.76 Å². The molecule has 0 amide bonds. The van der Waals surface area contributed by atoms with E-state index in [9.17, 15) is 30.3 Å². The SMILES string of the molecule is COc1cc(O)c2c(=O)c(OC3OCC(O)C(O)C3O)c(-c3ccc(O)cc3)oc2c1. The Kier molecular flexibility index (Phi) is 5.46. The molecule has 0 bridgehead atoms. The van der Waals surface area contributed by atoms with Gasteiger partial charge < -0.3 is 44.2 Å². The summed E-state index contributed by atoms with van der Waals surface area (Å²) in [5, 5.41) is 49.5. The van der Waals surface area contributed by atoms with Crippen molar-refractivity contribution in [2.75, 3.05) is 13.7 Å². The van der Waals surface area contributed by atoms with Gasteiger partial charge in [-0.25, -0.2) is 0 Å². The average molecular weight is 432 g/mol. The fourth-order valence-corrected chi connectivity index (χ4v) is 3.28. The fourth-order valence-electron chi connectivity index (χ4n) is 3.28. The van der Waals surface area contributed by atoms with E-state index >= 15 is 0 Å². The second-order valence-corrected chi connectivity index (χ2v) is 7.02. The number of phenolic OH excluding ortho intramolecular Hbond substituents is 2. The first-order valence-electron chi connectivity index (χ1n) is 9.30. The van der Waals surface area contributed by atoms with Gasteiger partial charge in [0.2, 0.25) is 17.5 Å². The first-order valence-corrected chi connectivity index (χ1v) is 9.30. The van der Waals surface area contributed by atoms with Crippen molar-refractivity contribution < 1.29 is 44.2 Å². The molecule has 2 aromatic carbocycles. The zero-order valence-electron chi connectivity index (χ0n) is 16.3. The van der Waals surface area contributed by atoms with E-state index in [0.29, 0.717) is 5.56 Å². The minimum atomic E-state index is -1.66. The molecule has 5 N–H and O–H groups in total. The van der Waals surface area contributed by atoms with Crippen molar-refractivity contribution in [3.8, 4) is 34.3 Å². The van der Waals surface area contributed by atoms with Gasteiger partial charge in [-0.3, -0.25) is 4.79 Å². The number of phenols is 2. The van der Waals surface area contributed by atoms with Crippen LogP contribution in [0.25, 0.3) is 22.3 Å². The zero-order valence-corrected chi connectivity index (χ0v) is 16.3. The molecule has 3 aromatic rings. The topological polar surface area (TPSA) is 159 Å². The lowest BCUT2D eigenvalue weighted by Gasteiger charge is -2.34. The van der Waals surface area contributed by atoms with Crippen LogP contribution in [0.5, 0.6) is 23.0 Å². The van der Waals surface area contributed by atoms with E-state index < -0.39 is 41.5 Å². The standard InChI is InChI=1S/C21H20O10/c1-28-11-6-12(23)15-14(7-11)30-19(9-2-4-10(22)5-3-9)20(17(15)26)31-21-18(27)16(25)13(24)8-29-21/h2-7,13,16,18,21-25,27H,8H2,1H3. The average Bonchev–Trinajstić information content (AvgIpc) is 2.75. The van der Waals surface area contributed by atoms with Gasteiger partial charge in [-0.05, 0) is 24.3 Å². The maximum absolute atomic E-state index is 13.3. The Hall–Kier alpha value is -3.31. The summed E-state index contributed by atoms with van der Waals surface area (Å²) in [6.45, 7) is -0.335. The molecule has 1 aliphatic heterocycles. The first kappa shape index (κ1) is 20.9. The molecule has 31 heavy (non-hydrogen) atoms. The van der Waals surface area contributed by atoms with Crippen molar-refractivity contribution in [3.05, 3.63) is 46.6 Å². The van der Waals surface area contributed by atoms with Crippen molar-refractivity contribution in [3.63, 3.8) is 0 Å². The molecule has 0 aliphatic carbocycles. The molecule has 10 nitrogen and oxygen atoms in total. The van der Waals surface area contributed by atoms with Gasteiger partial charge in [0.05, 0.1) is 13.7 Å². The maximum Gasteiger partial charge on any atom is 0.239 e. The predicted octanol–water partition coefficient (Wildman–Crippen LogP) is 0.698. The molecule has 0 spiro atoms. The molecule has 0 radical (unpaired) electrons. The third-order valence-electron chi connectivity index (χ3n) is 4.96. The Morgan fingerprint density at radius 1 is 1.03 bits per heavy atom. The molecule has 1 aliphatic rings. The summed E-state index contributed by atoms with van der Waals surface area (Å²) >= 11 is 0. The van der Waals surface area contributed by atoms with Crippen molar-refractivity contribution in [2.24, 2.45) is 0 Å². The van der Waals surface area contributed by atoms with Crippen LogP contribution in [0.1, 0.15) is 0 Å². The molecule has 4 atom stereocenters. The van der Waals surface area contributed by atoms with Crippen molar-refractivity contribution in [2.45, 2.75) is 24.6 Å². The van der Waals surface area contributed by atoms with Crippen LogP contribution in [0.3, 0.4) is 0 Å². The minimum absolute atomic E-state index is 0.0119. The lowest BCUT2D eigenvalue weighted by atomic mass is 10.1. The van der Waals surface area contributed by atoms with Crippen LogP contribution in [0.4, 0.5) is 0 Å². The van der Waals surface area contributed by atoms with Gasteiger partial charge in [0, 0.05) is 17.7 Å². The van der Waals surface area contributed by atoms with Crippen LogP contribution in [0.2, 0.25) is 0 Å². The van der Waals surface area contributed by atoms with E-state index in [1.54, 1.807) is 0 Å². The third kappa shape index (κ3) is 3.77. The lowest BCUT2D eigenvalue weighted by Crippen LogP contribution is -2.55. The molecular weight excluding hydrogens is 412 g/mol. The van der Waals surface area contributed by atoms with Gasteiger partial charge in [-0.1, -0.05) is 0 Å². The second kappa shape index (κ2) is 8.08. The molecular formula is C21H20O10. The van der Waals surface area contributed by atoms with Gasteiger partial charge in [-0.15, -0.1) is 0 Å². The Labute approximate surface area is 175 Å². The molecule has 4 rings (SSSR count). The Morgan fingerprint density at radius 3 is 2.42 bits per heavy atom. The number of methoxy groups -OCH3 is 1. The zero-order chi connectivity index (χ0) is 22.3. The van der Waals surface area contributed by atoms with Crippen LogP contribution < -0.4 is 14.9 Å². The lowest BCUT2D eigenvalue weighted by molar-refractivity contribution is -0.242. The number of rotatable bonds is 4. The first-order chi connectivity index (χ1) is 14.8. The van der Waals surface area contributed by atoms with Crippen LogP contribution in [-0.2, 0) is 4.74 Å². The summed E-state index contributed by atoms with van der Waals surface area (Å²) in [4.78, 5) is 13.3. The quantitative estimate of drug-likeness (QED) is 0.397. The summed E-state index contributed by atoms with van der Waals surface area (Å²) in [6, 6.07) is 8.34. The number of fused-ring (bicyclic) bond motifs is 1. The smallest absolute Gasteiger partial charge is 0.239 e. The van der Waals surface area contributed by atoms with Crippen LogP contribution in [0, 0.1) is 0 Å². The van der Waals surface area contributed by atoms with Crippen LogP contribution >= 0.6 is 0 Å². The van der Waals surface area contributed by atoms with Crippen molar-refractivity contribution >= 4 is 11.0 Å². The summed E-state index contributed by atoms with van der Waals surface area (Å²) in [7, 11) is 1.39. The largest absolute Gasteiger partial charge is 0.508 e. The van der Waals surface area contributed by atoms with E-state index in [-0.39, 0.29) is 34.8 Å². The minimum Gasteiger partial charge on any atom is -0.508 e. The number of aliphatic hydroxyl groups excluding tert-OH is 3. The number of hydrogen-bond donors (Lipinski definition) is 5. The molecule has 1 aromatic heterocycles. The van der Waals surface area contributed by atoms with Crippen molar-refractivity contribution in [1.29, 1.82) is 0 Å². The number of aliphatic hydroxyl groups is 3. The highest BCUT2D eigenvalue weighted by molar-refractivity contribution is 5.88. The van der Waals surface area contributed by atoms with E-state index in [1.165, 1.54) is 43.5 Å². The van der Waals surface area contributed by atoms with Gasteiger partial charge in [0.1, 0.15) is 46.5 Å². The van der Waals surface area contributed by atoms with Crippen molar-refractivity contribution in [1.82, 2.24) is 0 Å². The van der Waals surface area contributed by atoms with Crippen LogP contribution in [0.15, 0.2) is 45.6 Å². The molecule has 164 valence electrons. The predicted molar refractivity (Wildman–Crippen MR) is 106 cm³/mol.